The molecule has 0 atom stereocenters. The van der Waals surface area contributed by atoms with Crippen LogP contribution in [0.3, 0.4) is 0 Å². The molecule has 0 unspecified atom stereocenters. The predicted molar refractivity (Wildman–Crippen MR) is 219 cm³/mol. The summed E-state index contributed by atoms with van der Waals surface area (Å²) in [7, 11) is 0. The first-order chi connectivity index (χ1) is 25.7. The molecule has 0 N–H and O–H groups in total. The summed E-state index contributed by atoms with van der Waals surface area (Å²) in [6, 6.07) is 50.7. The first-order valence-electron chi connectivity index (χ1n) is 18.5. The maximum absolute atomic E-state index is 16.2. The van der Waals surface area contributed by atoms with E-state index in [1.54, 1.807) is 12.1 Å². The molecule has 53 heavy (non-hydrogen) atoms. The molecule has 0 radical (unpaired) electrons. The quantitative estimate of drug-likeness (QED) is 0.184. The maximum atomic E-state index is 16.2. The second-order valence-electron chi connectivity index (χ2n) is 15.8. The van der Waals surface area contributed by atoms with Crippen molar-refractivity contribution < 1.29 is 8.81 Å². The molecule has 2 aliphatic rings. The molecule has 0 amide bonds. The van der Waals surface area contributed by atoms with Gasteiger partial charge < -0.3 is 9.32 Å². The Kier molecular flexibility index (Phi) is 6.00. The fourth-order valence-electron chi connectivity index (χ4n) is 9.68. The summed E-state index contributed by atoms with van der Waals surface area (Å²) in [4.78, 5) is 2.08. The van der Waals surface area contributed by atoms with Crippen LogP contribution in [0.2, 0.25) is 0 Å². The van der Waals surface area contributed by atoms with Gasteiger partial charge in [-0.1, -0.05) is 131 Å². The highest BCUT2D eigenvalue weighted by molar-refractivity contribution is 6.14. The molecule has 0 bridgehead atoms. The molecule has 0 saturated heterocycles. The number of hydrogen-bond acceptors (Lipinski definition) is 2. The Bertz CT molecular complexity index is 3040. The molecule has 0 aliphatic heterocycles. The van der Waals surface area contributed by atoms with Crippen molar-refractivity contribution in [3.8, 4) is 22.3 Å². The molecule has 1 aromatic heterocycles. The molecule has 9 aromatic rings. The van der Waals surface area contributed by atoms with Crippen LogP contribution in [-0.4, -0.2) is 0 Å². The number of nitrogens with zero attached hydrogens (tertiary/aromatic N) is 1. The number of rotatable bonds is 3. The van der Waals surface area contributed by atoms with Crippen molar-refractivity contribution in [1.29, 1.82) is 0 Å². The van der Waals surface area contributed by atoms with E-state index in [9.17, 15) is 0 Å². The molecule has 254 valence electrons. The number of halogens is 1. The summed E-state index contributed by atoms with van der Waals surface area (Å²) >= 11 is 0. The second kappa shape index (κ2) is 10.5. The van der Waals surface area contributed by atoms with Crippen LogP contribution in [0.4, 0.5) is 21.5 Å². The Morgan fingerprint density at radius 1 is 0.453 bits per heavy atom. The van der Waals surface area contributed by atoms with Gasteiger partial charge in [-0.2, -0.15) is 0 Å². The van der Waals surface area contributed by atoms with Crippen LogP contribution >= 0.6 is 0 Å². The van der Waals surface area contributed by atoms with E-state index < -0.39 is 0 Å². The lowest BCUT2D eigenvalue weighted by molar-refractivity contribution is 0.628. The molecule has 0 saturated carbocycles. The van der Waals surface area contributed by atoms with Crippen molar-refractivity contribution >= 4 is 60.5 Å². The molecular weight excluding hydrogens is 650 g/mol. The van der Waals surface area contributed by atoms with Gasteiger partial charge in [0.2, 0.25) is 0 Å². The molecule has 2 nitrogen and oxygen atoms in total. The Balaban J connectivity index is 1.21. The second-order valence-corrected chi connectivity index (χ2v) is 15.8. The van der Waals surface area contributed by atoms with Gasteiger partial charge in [0.1, 0.15) is 11.4 Å². The van der Waals surface area contributed by atoms with E-state index in [0.29, 0.717) is 5.69 Å². The van der Waals surface area contributed by atoms with Crippen LogP contribution in [0, 0.1) is 5.82 Å². The Morgan fingerprint density at radius 2 is 1.04 bits per heavy atom. The highest BCUT2D eigenvalue weighted by atomic mass is 19.1. The minimum atomic E-state index is -0.331. The predicted octanol–water partition coefficient (Wildman–Crippen LogP) is 14.1. The zero-order valence-corrected chi connectivity index (χ0v) is 30.1. The maximum Gasteiger partial charge on any atom is 0.159 e. The van der Waals surface area contributed by atoms with Gasteiger partial charge in [0.25, 0.3) is 0 Å². The van der Waals surface area contributed by atoms with Crippen LogP contribution in [-0.2, 0) is 10.8 Å². The molecule has 0 fully saturated rings. The molecule has 2 aliphatic carbocycles. The summed E-state index contributed by atoms with van der Waals surface area (Å²) in [5.74, 6) is -0.294. The van der Waals surface area contributed by atoms with E-state index in [2.05, 4.69) is 124 Å². The van der Waals surface area contributed by atoms with Crippen LogP contribution in [0.1, 0.15) is 49.9 Å². The SMILES string of the molecule is CC1(C)c2cc3c(cc2-c2c1ccc1ccccc21)C(C)(C)c1cc(N(c2ccccc2F)c2cccc4c2oc2ccccc24)c2ccccc2c1-3. The standard InChI is InChI=1S/C50H36FNO/c1-49(2)37-25-24-29-14-5-6-15-30(29)46(37)35-26-39-36(27-38(35)49)47-33-18-8-7-16-31(33)44(28-40(47)50(39,3)4)52(42-21-11-10-20-41(42)51)43-22-13-19-34-32-17-9-12-23-45(32)53-48(34)43/h5-28H,1-4H3. The van der Waals surface area contributed by atoms with E-state index in [4.69, 9.17) is 4.42 Å². The Hall–Kier alpha value is -6.19. The zero-order chi connectivity index (χ0) is 35.8. The molecule has 1 heterocycles. The molecule has 0 spiro atoms. The van der Waals surface area contributed by atoms with Crippen molar-refractivity contribution in [3.63, 3.8) is 0 Å². The lowest BCUT2D eigenvalue weighted by Gasteiger charge is -2.30. The number of benzene rings is 8. The Morgan fingerprint density at radius 3 is 1.81 bits per heavy atom. The first-order valence-corrected chi connectivity index (χ1v) is 18.5. The number of fused-ring (bicyclic) bond motifs is 13. The molecule has 11 rings (SSSR count). The minimum absolute atomic E-state index is 0.154. The largest absolute Gasteiger partial charge is 0.454 e. The van der Waals surface area contributed by atoms with Crippen LogP contribution in [0.25, 0.3) is 65.7 Å². The third kappa shape index (κ3) is 3.97. The minimum Gasteiger partial charge on any atom is -0.454 e. The highest BCUT2D eigenvalue weighted by Gasteiger charge is 2.43. The fourth-order valence-corrected chi connectivity index (χ4v) is 9.68. The fraction of sp³-hybridized carbons (Fsp3) is 0.120. The number of furan rings is 1. The lowest BCUT2D eigenvalue weighted by Crippen LogP contribution is -2.18. The normalized spacial score (nSPS) is 14.8. The molecular formula is C50H36FNO. The third-order valence-electron chi connectivity index (χ3n) is 12.3. The summed E-state index contributed by atoms with van der Waals surface area (Å²) in [5.41, 5.74) is 13.8. The van der Waals surface area contributed by atoms with Crippen molar-refractivity contribution in [1.82, 2.24) is 0 Å². The number of anilines is 3. The van der Waals surface area contributed by atoms with Gasteiger partial charge in [-0.15, -0.1) is 0 Å². The van der Waals surface area contributed by atoms with Gasteiger partial charge in [-0.3, -0.25) is 0 Å². The summed E-state index contributed by atoms with van der Waals surface area (Å²) < 4.78 is 22.8. The van der Waals surface area contributed by atoms with Gasteiger partial charge in [0.05, 0.1) is 17.1 Å². The van der Waals surface area contributed by atoms with Crippen molar-refractivity contribution in [2.75, 3.05) is 4.90 Å². The monoisotopic (exact) mass is 685 g/mol. The highest BCUT2D eigenvalue weighted by Crippen LogP contribution is 2.60. The van der Waals surface area contributed by atoms with Gasteiger partial charge >= 0.3 is 0 Å². The summed E-state index contributed by atoms with van der Waals surface area (Å²) in [6.45, 7) is 9.43. The zero-order valence-electron chi connectivity index (χ0n) is 30.1. The van der Waals surface area contributed by atoms with E-state index in [1.165, 1.54) is 55.3 Å². The number of para-hydroxylation sites is 3. The van der Waals surface area contributed by atoms with Crippen LogP contribution < -0.4 is 4.90 Å². The number of hydrogen-bond donors (Lipinski definition) is 0. The van der Waals surface area contributed by atoms with Crippen molar-refractivity contribution in [2.24, 2.45) is 0 Å². The smallest absolute Gasteiger partial charge is 0.159 e. The average Bonchev–Trinajstić information content (AvgIpc) is 3.75. The third-order valence-corrected chi connectivity index (χ3v) is 12.3. The van der Waals surface area contributed by atoms with Gasteiger partial charge in [0, 0.05) is 27.0 Å². The molecule has 3 heteroatoms. The van der Waals surface area contributed by atoms with Crippen molar-refractivity contribution in [2.45, 2.75) is 38.5 Å². The van der Waals surface area contributed by atoms with E-state index in [-0.39, 0.29) is 16.6 Å². The van der Waals surface area contributed by atoms with Crippen LogP contribution in [0.15, 0.2) is 150 Å². The summed E-state index contributed by atoms with van der Waals surface area (Å²) in [6.07, 6.45) is 0. The lowest BCUT2D eigenvalue weighted by atomic mass is 9.79. The van der Waals surface area contributed by atoms with E-state index >= 15 is 4.39 Å². The van der Waals surface area contributed by atoms with Gasteiger partial charge in [0.15, 0.2) is 5.58 Å². The Labute approximate surface area is 307 Å². The van der Waals surface area contributed by atoms with E-state index in [1.807, 2.05) is 42.5 Å². The van der Waals surface area contributed by atoms with Crippen molar-refractivity contribution in [3.05, 3.63) is 174 Å². The molecule has 8 aromatic carbocycles. The first kappa shape index (κ1) is 30.4. The average molecular weight is 686 g/mol. The van der Waals surface area contributed by atoms with Crippen LogP contribution in [0.5, 0.6) is 0 Å². The van der Waals surface area contributed by atoms with Gasteiger partial charge in [-0.25, -0.2) is 4.39 Å². The van der Waals surface area contributed by atoms with E-state index in [0.717, 1.165) is 44.1 Å². The van der Waals surface area contributed by atoms with Gasteiger partial charge in [-0.05, 0) is 103 Å². The summed E-state index contributed by atoms with van der Waals surface area (Å²) in [5, 5.41) is 6.82. The topological polar surface area (TPSA) is 16.4 Å².